The van der Waals surface area contributed by atoms with Crippen LogP contribution in [0.15, 0.2) is 45.0 Å². The third-order valence-corrected chi connectivity index (χ3v) is 4.89. The van der Waals surface area contributed by atoms with E-state index >= 15 is 0 Å². The molecule has 10 heteroatoms. The highest BCUT2D eigenvalue weighted by molar-refractivity contribution is 7.99. The molecule has 0 radical (unpaired) electrons. The van der Waals surface area contributed by atoms with Crippen LogP contribution in [0.3, 0.4) is 0 Å². The maximum absolute atomic E-state index is 13.1. The first kappa shape index (κ1) is 20.3. The van der Waals surface area contributed by atoms with Gasteiger partial charge in [-0.2, -0.15) is 9.78 Å². The molecule has 0 fully saturated rings. The molecule has 0 saturated heterocycles. The second-order valence-corrected chi connectivity index (χ2v) is 7.22. The Balaban J connectivity index is 1.71. The molecular formula is C18H17ClF2N4O2S. The predicted molar refractivity (Wildman–Crippen MR) is 104 cm³/mol. The Hall–Kier alpha value is -2.39. The first-order valence-electron chi connectivity index (χ1n) is 8.36. The molecule has 3 aromatic rings. The molecule has 148 valence electrons. The fourth-order valence-corrected chi connectivity index (χ4v) is 3.08. The summed E-state index contributed by atoms with van der Waals surface area (Å²) in [6.07, 6.45) is -1.44. The van der Waals surface area contributed by atoms with Gasteiger partial charge in [0.15, 0.2) is 0 Å². The fraction of sp³-hybridized carbons (Fsp3) is 0.278. The summed E-state index contributed by atoms with van der Waals surface area (Å²) in [5.74, 6) is 1.75. The molecular weight excluding hydrogens is 410 g/mol. The van der Waals surface area contributed by atoms with E-state index in [1.54, 1.807) is 24.3 Å². The highest BCUT2D eigenvalue weighted by atomic mass is 35.5. The zero-order valence-corrected chi connectivity index (χ0v) is 16.7. The average Bonchev–Trinajstić information content (AvgIpc) is 3.28. The van der Waals surface area contributed by atoms with Gasteiger partial charge >= 0.3 is 0 Å². The highest BCUT2D eigenvalue weighted by Gasteiger charge is 2.20. The van der Waals surface area contributed by atoms with Crippen molar-refractivity contribution in [2.45, 2.75) is 32.0 Å². The number of hydrogen-bond acceptors (Lipinski definition) is 6. The normalized spacial score (nSPS) is 11.6. The SMILES string of the molecule is CCSc1nnc(C(F)F)n1/N=C\c1ccc(COc2cccc(Cl)c2C)o1. The Labute approximate surface area is 169 Å². The van der Waals surface area contributed by atoms with E-state index in [1.807, 2.05) is 19.9 Å². The number of aromatic nitrogens is 3. The molecule has 0 atom stereocenters. The van der Waals surface area contributed by atoms with E-state index < -0.39 is 12.2 Å². The lowest BCUT2D eigenvalue weighted by molar-refractivity contribution is 0.135. The predicted octanol–water partition coefficient (Wildman–Crippen LogP) is 5.34. The summed E-state index contributed by atoms with van der Waals surface area (Å²) in [5.41, 5.74) is 0.839. The number of ether oxygens (including phenoxy) is 1. The van der Waals surface area contributed by atoms with Crippen molar-refractivity contribution in [1.82, 2.24) is 14.9 Å². The third kappa shape index (κ3) is 4.71. The van der Waals surface area contributed by atoms with Crippen LogP contribution in [0.1, 0.15) is 36.3 Å². The molecule has 1 aromatic carbocycles. The molecule has 0 bridgehead atoms. The van der Waals surface area contributed by atoms with Gasteiger partial charge < -0.3 is 9.15 Å². The van der Waals surface area contributed by atoms with Crippen molar-refractivity contribution in [3.05, 3.63) is 58.3 Å². The van der Waals surface area contributed by atoms with E-state index in [2.05, 4.69) is 15.3 Å². The summed E-state index contributed by atoms with van der Waals surface area (Å²) in [6, 6.07) is 8.80. The zero-order chi connectivity index (χ0) is 20.1. The van der Waals surface area contributed by atoms with Crippen LogP contribution in [0.4, 0.5) is 8.78 Å². The Morgan fingerprint density at radius 1 is 1.32 bits per heavy atom. The Kier molecular flexibility index (Phi) is 6.69. The van der Waals surface area contributed by atoms with Crippen LogP contribution in [-0.4, -0.2) is 26.8 Å². The van der Waals surface area contributed by atoms with Crippen molar-refractivity contribution >= 4 is 29.6 Å². The molecule has 3 rings (SSSR count). The van der Waals surface area contributed by atoms with E-state index in [4.69, 9.17) is 20.8 Å². The molecule has 0 saturated carbocycles. The summed E-state index contributed by atoms with van der Waals surface area (Å²) < 4.78 is 38.5. The largest absolute Gasteiger partial charge is 0.485 e. The molecule has 0 N–H and O–H groups in total. The first-order valence-corrected chi connectivity index (χ1v) is 9.73. The van der Waals surface area contributed by atoms with Crippen LogP contribution in [0.2, 0.25) is 5.02 Å². The summed E-state index contributed by atoms with van der Waals surface area (Å²) >= 11 is 7.34. The second kappa shape index (κ2) is 9.20. The van der Waals surface area contributed by atoms with Gasteiger partial charge in [-0.15, -0.1) is 10.2 Å². The number of hydrogen-bond donors (Lipinski definition) is 0. The molecule has 0 amide bonds. The minimum absolute atomic E-state index is 0.195. The Morgan fingerprint density at radius 3 is 2.89 bits per heavy atom. The summed E-state index contributed by atoms with van der Waals surface area (Å²) in [6.45, 7) is 3.94. The van der Waals surface area contributed by atoms with Crippen LogP contribution < -0.4 is 4.74 Å². The van der Waals surface area contributed by atoms with Gasteiger partial charge in [0.05, 0.1) is 6.21 Å². The molecule has 28 heavy (non-hydrogen) atoms. The van der Waals surface area contributed by atoms with Crippen molar-refractivity contribution < 1.29 is 17.9 Å². The topological polar surface area (TPSA) is 65.4 Å². The number of benzene rings is 1. The summed E-state index contributed by atoms with van der Waals surface area (Å²) in [4.78, 5) is 0. The van der Waals surface area contributed by atoms with Gasteiger partial charge in [0.2, 0.25) is 11.0 Å². The van der Waals surface area contributed by atoms with Crippen LogP contribution in [-0.2, 0) is 6.61 Å². The molecule has 2 aromatic heterocycles. The average molecular weight is 427 g/mol. The van der Waals surface area contributed by atoms with Crippen LogP contribution >= 0.6 is 23.4 Å². The highest BCUT2D eigenvalue weighted by Crippen LogP contribution is 2.26. The smallest absolute Gasteiger partial charge is 0.299 e. The monoisotopic (exact) mass is 426 g/mol. The van der Waals surface area contributed by atoms with E-state index in [1.165, 1.54) is 18.0 Å². The van der Waals surface area contributed by atoms with Gasteiger partial charge in [-0.25, -0.2) is 8.78 Å². The fourth-order valence-electron chi connectivity index (χ4n) is 2.29. The Bertz CT molecular complexity index is 974. The number of thioether (sulfide) groups is 1. The number of rotatable bonds is 8. The van der Waals surface area contributed by atoms with Gasteiger partial charge in [-0.05, 0) is 36.9 Å². The van der Waals surface area contributed by atoms with Gasteiger partial charge in [-0.1, -0.05) is 36.4 Å². The number of halogens is 3. The minimum atomic E-state index is -2.78. The van der Waals surface area contributed by atoms with Gasteiger partial charge in [-0.3, -0.25) is 0 Å². The minimum Gasteiger partial charge on any atom is -0.485 e. The van der Waals surface area contributed by atoms with E-state index in [0.29, 0.717) is 33.2 Å². The quantitative estimate of drug-likeness (QED) is 0.359. The van der Waals surface area contributed by atoms with E-state index in [-0.39, 0.29) is 6.61 Å². The molecule has 6 nitrogen and oxygen atoms in total. The lowest BCUT2D eigenvalue weighted by atomic mass is 10.2. The van der Waals surface area contributed by atoms with Crippen molar-refractivity contribution in [1.29, 1.82) is 0 Å². The summed E-state index contributed by atoms with van der Waals surface area (Å²) in [5, 5.41) is 12.2. The van der Waals surface area contributed by atoms with Crippen LogP contribution in [0, 0.1) is 6.92 Å². The van der Waals surface area contributed by atoms with Gasteiger partial charge in [0.1, 0.15) is 23.9 Å². The molecule has 2 heterocycles. The molecule has 0 aliphatic carbocycles. The third-order valence-electron chi connectivity index (χ3n) is 3.68. The van der Waals surface area contributed by atoms with Crippen molar-refractivity contribution in [2.24, 2.45) is 5.10 Å². The lowest BCUT2D eigenvalue weighted by Crippen LogP contribution is -2.00. The lowest BCUT2D eigenvalue weighted by Gasteiger charge is -2.08. The number of nitrogens with zero attached hydrogens (tertiary/aromatic N) is 4. The zero-order valence-electron chi connectivity index (χ0n) is 15.1. The van der Waals surface area contributed by atoms with Crippen molar-refractivity contribution in [2.75, 3.05) is 5.75 Å². The van der Waals surface area contributed by atoms with Crippen LogP contribution in [0.5, 0.6) is 5.75 Å². The molecule has 0 spiro atoms. The maximum Gasteiger partial charge on any atom is 0.299 e. The van der Waals surface area contributed by atoms with Crippen LogP contribution in [0.25, 0.3) is 0 Å². The molecule has 0 unspecified atom stereocenters. The molecule has 0 aliphatic heterocycles. The number of furan rings is 1. The number of alkyl halides is 2. The molecule has 0 aliphatic rings. The van der Waals surface area contributed by atoms with E-state index in [0.717, 1.165) is 10.2 Å². The first-order chi connectivity index (χ1) is 13.5. The van der Waals surface area contributed by atoms with Gasteiger partial charge in [0.25, 0.3) is 6.43 Å². The maximum atomic E-state index is 13.1. The van der Waals surface area contributed by atoms with Crippen molar-refractivity contribution in [3.63, 3.8) is 0 Å². The Morgan fingerprint density at radius 2 is 2.14 bits per heavy atom. The van der Waals surface area contributed by atoms with E-state index in [9.17, 15) is 8.78 Å². The van der Waals surface area contributed by atoms with Gasteiger partial charge in [0, 0.05) is 10.6 Å². The standard InChI is InChI=1S/C18H17ClF2N4O2S/c1-3-28-18-24-23-17(16(20)21)25(18)22-9-12-7-8-13(27-12)10-26-15-6-4-5-14(19)11(15)2/h4-9,16H,3,10H2,1-2H3/b22-9-. The summed E-state index contributed by atoms with van der Waals surface area (Å²) in [7, 11) is 0. The second-order valence-electron chi connectivity index (χ2n) is 5.59. The van der Waals surface area contributed by atoms with Crippen molar-refractivity contribution in [3.8, 4) is 5.75 Å².